The van der Waals surface area contributed by atoms with Gasteiger partial charge in [-0.3, -0.25) is 0 Å². The molecule has 1 aromatic carbocycles. The van der Waals surface area contributed by atoms with E-state index in [-0.39, 0.29) is 24.5 Å². The van der Waals surface area contributed by atoms with Gasteiger partial charge in [0, 0.05) is 26.6 Å². The summed E-state index contributed by atoms with van der Waals surface area (Å²) in [4.78, 5) is 17.8. The first kappa shape index (κ1) is 19.9. The number of rotatable bonds is 5. The number of amides is 2. The van der Waals surface area contributed by atoms with Crippen molar-refractivity contribution in [1.29, 1.82) is 0 Å². The molecule has 0 aliphatic rings. The summed E-state index contributed by atoms with van der Waals surface area (Å²) in [7, 11) is 5.27. The normalized spacial score (nSPS) is 11.5. The molecule has 1 atom stereocenters. The minimum Gasteiger partial charge on any atom is -0.334 e. The number of halogens is 1. The van der Waals surface area contributed by atoms with E-state index in [1.165, 1.54) is 4.90 Å². The molecule has 8 heteroatoms. The Morgan fingerprint density at radius 1 is 1.38 bits per heavy atom. The van der Waals surface area contributed by atoms with Crippen LogP contribution in [-0.2, 0) is 6.42 Å². The predicted molar refractivity (Wildman–Crippen MR) is 96.7 cm³/mol. The number of aromatic nitrogens is 2. The Bertz CT molecular complexity index is 687. The Kier molecular flexibility index (Phi) is 7.18. The zero-order valence-corrected chi connectivity index (χ0v) is 15.4. The maximum Gasteiger partial charge on any atom is 0.321 e. The van der Waals surface area contributed by atoms with Crippen LogP contribution in [0, 0.1) is 6.92 Å². The Morgan fingerprint density at radius 2 is 2.08 bits per heavy atom. The topological polar surface area (TPSA) is 83.3 Å². The van der Waals surface area contributed by atoms with Crippen molar-refractivity contribution in [2.45, 2.75) is 26.3 Å². The van der Waals surface area contributed by atoms with Crippen LogP contribution >= 0.6 is 12.4 Å². The van der Waals surface area contributed by atoms with Gasteiger partial charge in [-0.05, 0) is 33.0 Å². The van der Waals surface area contributed by atoms with Crippen LogP contribution in [0.25, 0.3) is 11.5 Å². The maximum atomic E-state index is 11.9. The molecular weight excluding hydrogens is 330 g/mol. The molecule has 0 aliphatic heterocycles. The highest BCUT2D eigenvalue weighted by molar-refractivity contribution is 5.93. The van der Waals surface area contributed by atoms with Crippen molar-refractivity contribution in [2.75, 3.05) is 26.5 Å². The molecule has 2 aromatic rings. The molecule has 0 spiro atoms. The Hall–Kier alpha value is -2.12. The van der Waals surface area contributed by atoms with Crippen LogP contribution in [-0.4, -0.2) is 48.3 Å². The fourth-order valence-electron chi connectivity index (χ4n) is 1.99. The van der Waals surface area contributed by atoms with Gasteiger partial charge in [-0.25, -0.2) is 4.79 Å². The number of anilines is 1. The van der Waals surface area contributed by atoms with Crippen LogP contribution < -0.4 is 10.6 Å². The first-order chi connectivity index (χ1) is 10.9. The quantitative estimate of drug-likeness (QED) is 0.863. The van der Waals surface area contributed by atoms with Crippen LogP contribution in [0.2, 0.25) is 0 Å². The summed E-state index contributed by atoms with van der Waals surface area (Å²) in [6.07, 6.45) is 0.672. The van der Waals surface area contributed by atoms with E-state index in [2.05, 4.69) is 20.8 Å². The average molecular weight is 354 g/mol. The summed E-state index contributed by atoms with van der Waals surface area (Å²) in [5.41, 5.74) is 2.41. The minimum absolute atomic E-state index is 0. The fourth-order valence-corrected chi connectivity index (χ4v) is 1.99. The number of nitrogens with zero attached hydrogens (tertiary/aromatic N) is 3. The van der Waals surface area contributed by atoms with Gasteiger partial charge in [0.1, 0.15) is 0 Å². The zero-order valence-electron chi connectivity index (χ0n) is 14.6. The van der Waals surface area contributed by atoms with E-state index in [9.17, 15) is 4.79 Å². The van der Waals surface area contributed by atoms with Gasteiger partial charge in [-0.1, -0.05) is 16.8 Å². The monoisotopic (exact) mass is 353 g/mol. The number of likely N-dealkylation sites (N-methyl/N-ethyl adjacent to an activating group) is 1. The van der Waals surface area contributed by atoms with Gasteiger partial charge in [0.05, 0.1) is 11.3 Å². The molecule has 0 fully saturated rings. The lowest BCUT2D eigenvalue weighted by Crippen LogP contribution is -2.27. The number of hydrogen-bond donors (Lipinski definition) is 2. The molecule has 0 bridgehead atoms. The standard InChI is InChI=1S/C16H23N5O2.ClH/c1-10-6-7-13(18-16(22)21(4)5)12(8-10)15-19-14(20-23-15)9-11(2)17-3;/h6-8,11,17H,9H2,1-5H3,(H,18,22);1H. The first-order valence-electron chi connectivity index (χ1n) is 7.50. The largest absolute Gasteiger partial charge is 0.334 e. The summed E-state index contributed by atoms with van der Waals surface area (Å²) in [6.45, 7) is 4.02. The van der Waals surface area contributed by atoms with Crippen LogP contribution in [0.4, 0.5) is 10.5 Å². The van der Waals surface area contributed by atoms with Crippen molar-refractivity contribution in [2.24, 2.45) is 0 Å². The number of carbonyl (C=O) groups is 1. The molecule has 1 unspecified atom stereocenters. The van der Waals surface area contributed by atoms with E-state index < -0.39 is 0 Å². The molecule has 1 heterocycles. The number of urea groups is 1. The van der Waals surface area contributed by atoms with Gasteiger partial charge < -0.3 is 20.1 Å². The smallest absolute Gasteiger partial charge is 0.321 e. The van der Waals surface area contributed by atoms with Gasteiger partial charge in [-0.2, -0.15) is 4.98 Å². The molecule has 0 saturated carbocycles. The predicted octanol–water partition coefficient (Wildman–Crippen LogP) is 2.71. The van der Waals surface area contributed by atoms with E-state index in [1.54, 1.807) is 14.1 Å². The van der Waals surface area contributed by atoms with Crippen molar-refractivity contribution < 1.29 is 9.32 Å². The zero-order chi connectivity index (χ0) is 17.0. The SMILES string of the molecule is CNC(C)Cc1noc(-c2cc(C)ccc2NC(=O)N(C)C)n1.Cl. The number of carbonyl (C=O) groups excluding carboxylic acids is 1. The molecule has 132 valence electrons. The number of nitrogens with one attached hydrogen (secondary N) is 2. The number of hydrogen-bond acceptors (Lipinski definition) is 5. The molecule has 0 saturated heterocycles. The van der Waals surface area contributed by atoms with Gasteiger partial charge in [0.15, 0.2) is 5.82 Å². The van der Waals surface area contributed by atoms with Crippen molar-refractivity contribution in [1.82, 2.24) is 20.4 Å². The van der Waals surface area contributed by atoms with E-state index in [0.717, 1.165) is 11.1 Å². The molecule has 1 aromatic heterocycles. The highest BCUT2D eigenvalue weighted by Gasteiger charge is 2.16. The van der Waals surface area contributed by atoms with Crippen LogP contribution in [0.5, 0.6) is 0 Å². The van der Waals surface area contributed by atoms with E-state index in [4.69, 9.17) is 4.52 Å². The van der Waals surface area contributed by atoms with Gasteiger partial charge in [-0.15, -0.1) is 12.4 Å². The fraction of sp³-hybridized carbons (Fsp3) is 0.438. The Morgan fingerprint density at radius 3 is 2.71 bits per heavy atom. The summed E-state index contributed by atoms with van der Waals surface area (Å²) in [6, 6.07) is 5.73. The second-order valence-electron chi connectivity index (χ2n) is 5.78. The molecule has 2 amide bonds. The third kappa shape index (κ3) is 4.94. The molecular formula is C16H24ClN5O2. The maximum absolute atomic E-state index is 11.9. The van der Waals surface area contributed by atoms with Crippen LogP contribution in [0.15, 0.2) is 22.7 Å². The van der Waals surface area contributed by atoms with Gasteiger partial charge in [0.2, 0.25) is 0 Å². The highest BCUT2D eigenvalue weighted by Crippen LogP contribution is 2.28. The third-order valence-electron chi connectivity index (χ3n) is 3.50. The van der Waals surface area contributed by atoms with Crippen molar-refractivity contribution in [3.05, 3.63) is 29.6 Å². The summed E-state index contributed by atoms with van der Waals surface area (Å²) < 4.78 is 5.38. The lowest BCUT2D eigenvalue weighted by atomic mass is 10.1. The third-order valence-corrected chi connectivity index (χ3v) is 3.50. The second kappa shape index (κ2) is 8.65. The highest BCUT2D eigenvalue weighted by atomic mass is 35.5. The van der Waals surface area contributed by atoms with Crippen molar-refractivity contribution in [3.63, 3.8) is 0 Å². The molecule has 24 heavy (non-hydrogen) atoms. The first-order valence-corrected chi connectivity index (χ1v) is 7.50. The van der Waals surface area contributed by atoms with Gasteiger partial charge >= 0.3 is 6.03 Å². The Balaban J connectivity index is 0.00000288. The molecule has 7 nitrogen and oxygen atoms in total. The summed E-state index contributed by atoms with van der Waals surface area (Å²) in [5, 5.41) is 10.00. The summed E-state index contributed by atoms with van der Waals surface area (Å²) in [5.74, 6) is 1.04. The van der Waals surface area contributed by atoms with E-state index in [0.29, 0.717) is 23.8 Å². The van der Waals surface area contributed by atoms with E-state index in [1.807, 2.05) is 39.1 Å². The minimum atomic E-state index is -0.210. The number of aryl methyl sites for hydroxylation is 1. The van der Waals surface area contributed by atoms with Crippen LogP contribution in [0.1, 0.15) is 18.3 Å². The Labute approximate surface area is 148 Å². The van der Waals surface area contributed by atoms with Crippen LogP contribution in [0.3, 0.4) is 0 Å². The van der Waals surface area contributed by atoms with Gasteiger partial charge in [0.25, 0.3) is 5.89 Å². The lowest BCUT2D eigenvalue weighted by molar-refractivity contribution is 0.230. The molecule has 2 N–H and O–H groups in total. The molecule has 0 radical (unpaired) electrons. The average Bonchev–Trinajstić information content (AvgIpc) is 2.96. The number of benzene rings is 1. The molecule has 2 rings (SSSR count). The van der Waals surface area contributed by atoms with E-state index >= 15 is 0 Å². The summed E-state index contributed by atoms with van der Waals surface area (Å²) >= 11 is 0. The lowest BCUT2D eigenvalue weighted by Gasteiger charge is -2.14. The second-order valence-corrected chi connectivity index (χ2v) is 5.78. The molecule has 0 aliphatic carbocycles. The van der Waals surface area contributed by atoms with Crippen molar-refractivity contribution in [3.8, 4) is 11.5 Å². The van der Waals surface area contributed by atoms with Crippen molar-refractivity contribution >= 4 is 24.1 Å².